The molecule has 19 heavy (non-hydrogen) atoms. The number of aromatic nitrogens is 2. The molecule has 5 nitrogen and oxygen atoms in total. The Balaban J connectivity index is 2.23. The molecule has 96 valence electrons. The smallest absolute Gasteiger partial charge is 0.372 e. The minimum Gasteiger partial charge on any atom is -0.372 e. The van der Waals surface area contributed by atoms with Gasteiger partial charge in [0.05, 0.1) is 17.4 Å². The van der Waals surface area contributed by atoms with E-state index >= 15 is 0 Å². The Bertz CT molecular complexity index is 860. The molecular weight excluding hydrogens is 264 g/mol. The number of hydrogen-bond donors (Lipinski definition) is 0. The monoisotopic (exact) mass is 274 g/mol. The van der Waals surface area contributed by atoms with Crippen molar-refractivity contribution in [3.05, 3.63) is 61.3 Å². The number of para-hydroxylation sites is 1. The van der Waals surface area contributed by atoms with Crippen molar-refractivity contribution in [3.8, 4) is 0 Å². The quantitative estimate of drug-likeness (QED) is 0.714. The van der Waals surface area contributed by atoms with Gasteiger partial charge in [-0.25, -0.2) is 14.6 Å². The van der Waals surface area contributed by atoms with Crippen LogP contribution in [-0.2, 0) is 6.54 Å². The van der Waals surface area contributed by atoms with Crippen molar-refractivity contribution >= 4 is 22.2 Å². The van der Waals surface area contributed by atoms with E-state index in [0.29, 0.717) is 17.4 Å². The van der Waals surface area contributed by atoms with Crippen LogP contribution in [0.5, 0.6) is 0 Å². The first kappa shape index (κ1) is 11.9. The van der Waals surface area contributed by atoms with Gasteiger partial charge in [0.15, 0.2) is 0 Å². The number of thiazole rings is 1. The highest BCUT2D eigenvalue weighted by Gasteiger charge is 2.10. The molecule has 0 spiro atoms. The zero-order valence-corrected chi connectivity index (χ0v) is 10.9. The third-order valence-electron chi connectivity index (χ3n) is 2.78. The fourth-order valence-electron chi connectivity index (χ4n) is 1.93. The fourth-order valence-corrected chi connectivity index (χ4v) is 2.69. The molecule has 0 saturated heterocycles. The van der Waals surface area contributed by atoms with Crippen molar-refractivity contribution < 1.29 is 4.42 Å². The maximum Gasteiger partial charge on any atom is 0.422 e. The van der Waals surface area contributed by atoms with Crippen LogP contribution in [-0.4, -0.2) is 9.55 Å². The van der Waals surface area contributed by atoms with Crippen molar-refractivity contribution in [2.24, 2.45) is 0 Å². The average Bonchev–Trinajstić information content (AvgIpc) is 2.80. The molecule has 0 fully saturated rings. The van der Waals surface area contributed by atoms with Crippen LogP contribution < -0.4 is 11.4 Å². The lowest BCUT2D eigenvalue weighted by Gasteiger charge is -2.05. The summed E-state index contributed by atoms with van der Waals surface area (Å²) < 4.78 is 6.15. The third kappa shape index (κ3) is 2.10. The predicted molar refractivity (Wildman–Crippen MR) is 72.7 cm³/mol. The van der Waals surface area contributed by atoms with Crippen LogP contribution in [0, 0.1) is 6.92 Å². The van der Waals surface area contributed by atoms with Crippen LogP contribution >= 0.6 is 11.3 Å². The van der Waals surface area contributed by atoms with E-state index in [1.807, 2.05) is 12.3 Å². The van der Waals surface area contributed by atoms with Gasteiger partial charge in [0.2, 0.25) is 0 Å². The van der Waals surface area contributed by atoms with Crippen molar-refractivity contribution in [2.75, 3.05) is 0 Å². The zero-order chi connectivity index (χ0) is 13.4. The number of benzene rings is 1. The van der Waals surface area contributed by atoms with Crippen molar-refractivity contribution in [1.29, 1.82) is 0 Å². The second kappa shape index (κ2) is 4.47. The summed E-state index contributed by atoms with van der Waals surface area (Å²) >= 11 is 1.48. The van der Waals surface area contributed by atoms with Gasteiger partial charge in [0.1, 0.15) is 5.01 Å². The van der Waals surface area contributed by atoms with Crippen LogP contribution in [0.25, 0.3) is 10.9 Å². The van der Waals surface area contributed by atoms with E-state index < -0.39 is 11.4 Å². The largest absolute Gasteiger partial charge is 0.422 e. The van der Waals surface area contributed by atoms with Gasteiger partial charge in [-0.15, -0.1) is 11.3 Å². The summed E-state index contributed by atoms with van der Waals surface area (Å²) in [5, 5.41) is 3.12. The van der Waals surface area contributed by atoms with Gasteiger partial charge in [0, 0.05) is 11.1 Å². The lowest BCUT2D eigenvalue weighted by molar-refractivity contribution is 0.424. The van der Waals surface area contributed by atoms with E-state index in [-0.39, 0.29) is 0 Å². The van der Waals surface area contributed by atoms with Crippen molar-refractivity contribution in [3.63, 3.8) is 0 Å². The number of fused-ring (bicyclic) bond motifs is 1. The first-order valence-electron chi connectivity index (χ1n) is 5.69. The first-order chi connectivity index (χ1) is 9.15. The van der Waals surface area contributed by atoms with Gasteiger partial charge < -0.3 is 4.42 Å². The summed E-state index contributed by atoms with van der Waals surface area (Å²) in [4.78, 5) is 27.8. The fraction of sp³-hybridized carbons (Fsp3) is 0.154. The topological polar surface area (TPSA) is 65.1 Å². The Morgan fingerprint density at radius 2 is 2.11 bits per heavy atom. The summed E-state index contributed by atoms with van der Waals surface area (Å²) in [7, 11) is 0. The third-order valence-corrected chi connectivity index (χ3v) is 3.73. The predicted octanol–water partition coefficient (Wildman–Crippen LogP) is 1.77. The minimum absolute atomic E-state index is 0.307. The molecule has 6 heteroatoms. The molecule has 3 aromatic rings. The molecule has 0 atom stereocenters. The highest BCUT2D eigenvalue weighted by atomic mass is 32.1. The molecule has 3 rings (SSSR count). The molecule has 0 unspecified atom stereocenters. The van der Waals surface area contributed by atoms with Crippen LogP contribution in [0.3, 0.4) is 0 Å². The van der Waals surface area contributed by atoms with E-state index in [9.17, 15) is 9.59 Å². The lowest BCUT2D eigenvalue weighted by Crippen LogP contribution is -2.25. The van der Waals surface area contributed by atoms with E-state index in [0.717, 1.165) is 10.7 Å². The van der Waals surface area contributed by atoms with Crippen LogP contribution in [0.15, 0.2) is 43.7 Å². The Kier molecular flexibility index (Phi) is 2.79. The molecule has 0 aliphatic rings. The molecule has 0 radical (unpaired) electrons. The second-order valence-electron chi connectivity index (χ2n) is 4.14. The zero-order valence-electron chi connectivity index (χ0n) is 10.1. The molecule has 2 aromatic heterocycles. The SMILES string of the molecule is Cc1csc(Cn2c(=O)oc(=O)c3ccccc32)n1. The molecule has 0 bridgehead atoms. The molecular formula is C13H10N2O3S. The molecule has 0 N–H and O–H groups in total. The number of rotatable bonds is 2. The maximum absolute atomic E-state index is 11.8. The lowest BCUT2D eigenvalue weighted by atomic mass is 10.2. The van der Waals surface area contributed by atoms with Crippen molar-refractivity contribution in [1.82, 2.24) is 9.55 Å². The van der Waals surface area contributed by atoms with Crippen molar-refractivity contribution in [2.45, 2.75) is 13.5 Å². The van der Waals surface area contributed by atoms with Gasteiger partial charge in [-0.1, -0.05) is 12.1 Å². The van der Waals surface area contributed by atoms with E-state index in [1.54, 1.807) is 24.3 Å². The van der Waals surface area contributed by atoms with Gasteiger partial charge >= 0.3 is 11.4 Å². The molecule has 0 saturated carbocycles. The maximum atomic E-state index is 11.8. The number of hydrogen-bond acceptors (Lipinski definition) is 5. The van der Waals surface area contributed by atoms with Gasteiger partial charge in [-0.05, 0) is 19.1 Å². The molecule has 0 aliphatic carbocycles. The minimum atomic E-state index is -0.656. The van der Waals surface area contributed by atoms with E-state index in [1.165, 1.54) is 15.9 Å². The summed E-state index contributed by atoms with van der Waals surface area (Å²) in [5.41, 5.74) is 0.874. The molecule has 2 heterocycles. The van der Waals surface area contributed by atoms with E-state index in [4.69, 9.17) is 4.42 Å². The van der Waals surface area contributed by atoms with Gasteiger partial charge in [0.25, 0.3) is 0 Å². The highest BCUT2D eigenvalue weighted by Crippen LogP contribution is 2.13. The summed E-state index contributed by atoms with van der Waals surface area (Å²) in [6, 6.07) is 6.89. The summed E-state index contributed by atoms with van der Waals surface area (Å²) in [5.74, 6) is -0.656. The van der Waals surface area contributed by atoms with E-state index in [2.05, 4.69) is 4.98 Å². The van der Waals surface area contributed by atoms with Crippen LogP contribution in [0.4, 0.5) is 0 Å². The normalized spacial score (nSPS) is 11.0. The molecule has 0 amide bonds. The standard InChI is InChI=1S/C13H10N2O3S/c1-8-7-19-11(14-8)6-15-10-5-3-2-4-9(10)12(16)18-13(15)17/h2-5,7H,6H2,1H3. The first-order valence-corrected chi connectivity index (χ1v) is 6.57. The number of aryl methyl sites for hydroxylation is 1. The van der Waals surface area contributed by atoms with Crippen LogP contribution in [0.1, 0.15) is 10.7 Å². The Morgan fingerprint density at radius 3 is 2.84 bits per heavy atom. The average molecular weight is 274 g/mol. The second-order valence-corrected chi connectivity index (χ2v) is 5.08. The van der Waals surface area contributed by atoms with Gasteiger partial charge in [-0.2, -0.15) is 0 Å². The van der Waals surface area contributed by atoms with Crippen LogP contribution in [0.2, 0.25) is 0 Å². The molecule has 1 aromatic carbocycles. The Morgan fingerprint density at radius 1 is 1.32 bits per heavy atom. The Labute approximate surface area is 111 Å². The highest BCUT2D eigenvalue weighted by molar-refractivity contribution is 7.09. The summed E-state index contributed by atoms with van der Waals surface area (Å²) in [6.45, 7) is 2.20. The summed E-state index contributed by atoms with van der Waals surface area (Å²) in [6.07, 6.45) is 0. The molecule has 0 aliphatic heterocycles. The van der Waals surface area contributed by atoms with Gasteiger partial charge in [-0.3, -0.25) is 4.57 Å². The number of nitrogens with zero attached hydrogens (tertiary/aromatic N) is 2. The Hall–Kier alpha value is -2.21.